The number of anilines is 3. The number of rotatable bonds is 4. The first-order valence-electron chi connectivity index (χ1n) is 18.2. The van der Waals surface area contributed by atoms with Gasteiger partial charge in [-0.15, -0.1) is 0 Å². The van der Waals surface area contributed by atoms with Crippen molar-refractivity contribution in [1.82, 2.24) is 4.57 Å². The summed E-state index contributed by atoms with van der Waals surface area (Å²) in [5.41, 5.74) is 13.7. The quantitative estimate of drug-likeness (QED) is 0.173. The third kappa shape index (κ3) is 3.99. The highest BCUT2D eigenvalue weighted by Gasteiger charge is 2.27. The zero-order valence-corrected chi connectivity index (χ0v) is 28.6. The van der Waals surface area contributed by atoms with E-state index in [2.05, 4.69) is 185 Å². The molecule has 2 heterocycles. The van der Waals surface area contributed by atoms with Crippen LogP contribution in [-0.4, -0.2) is 4.57 Å². The molecule has 1 aliphatic rings. The summed E-state index contributed by atoms with van der Waals surface area (Å²) in [6.07, 6.45) is 0. The molecule has 0 spiro atoms. The van der Waals surface area contributed by atoms with Crippen molar-refractivity contribution in [3.05, 3.63) is 182 Å². The Labute approximate surface area is 305 Å². The van der Waals surface area contributed by atoms with E-state index in [9.17, 15) is 0 Å². The lowest BCUT2D eigenvalue weighted by atomic mass is 9.96. The second-order valence-electron chi connectivity index (χ2n) is 14.1. The minimum Gasteiger partial charge on any atom is -0.456 e. The van der Waals surface area contributed by atoms with Crippen LogP contribution in [0.4, 0.5) is 17.1 Å². The minimum absolute atomic E-state index is 0.875. The third-order valence-corrected chi connectivity index (χ3v) is 11.3. The largest absolute Gasteiger partial charge is 0.456 e. The molecule has 0 saturated carbocycles. The minimum atomic E-state index is 0.875. The topological polar surface area (TPSA) is 21.3 Å². The van der Waals surface area contributed by atoms with Crippen LogP contribution < -0.4 is 4.90 Å². The van der Waals surface area contributed by atoms with Gasteiger partial charge in [-0.2, -0.15) is 0 Å². The number of hydrogen-bond donors (Lipinski definition) is 0. The number of hydrogen-bond acceptors (Lipinski definition) is 2. The van der Waals surface area contributed by atoms with E-state index in [4.69, 9.17) is 4.42 Å². The van der Waals surface area contributed by atoms with Crippen LogP contribution in [0.15, 0.2) is 186 Å². The van der Waals surface area contributed by atoms with Gasteiger partial charge in [0.15, 0.2) is 0 Å². The van der Waals surface area contributed by atoms with E-state index >= 15 is 0 Å². The fourth-order valence-electron chi connectivity index (χ4n) is 9.06. The summed E-state index contributed by atoms with van der Waals surface area (Å²) in [7, 11) is 0. The number of aromatic nitrogens is 1. The SMILES string of the molecule is c1ccc(-n2c3ccccc3c3cc(N(c4ccc5c(c4)-c4cccc6cc7ccccc7c-5c46)c4cccc5oc6ccccc6c45)ccc32)cc1. The van der Waals surface area contributed by atoms with Crippen LogP contribution in [0.3, 0.4) is 0 Å². The van der Waals surface area contributed by atoms with Gasteiger partial charge in [0.2, 0.25) is 0 Å². The molecule has 0 fully saturated rings. The molecular weight excluding hydrogens is 645 g/mol. The van der Waals surface area contributed by atoms with Crippen molar-refractivity contribution < 1.29 is 4.42 Å². The van der Waals surface area contributed by atoms with E-state index in [-0.39, 0.29) is 0 Å². The molecule has 0 unspecified atom stereocenters. The van der Waals surface area contributed by atoms with Gasteiger partial charge in [-0.1, -0.05) is 109 Å². The Kier molecular flexibility index (Phi) is 5.77. The summed E-state index contributed by atoms with van der Waals surface area (Å²) in [6, 6.07) is 66.0. The molecule has 0 aliphatic heterocycles. The van der Waals surface area contributed by atoms with Gasteiger partial charge >= 0.3 is 0 Å². The smallest absolute Gasteiger partial charge is 0.137 e. The standard InChI is InChI=1S/C50H30N2O/c1-2-14-33(15-3-1)52-43-20-8-6-17-37(43)42-30-35(25-27-44(42)52)51(45-21-11-23-47-50(45)40-18-7-9-22-46(40)53-47)34-24-26-39-41(29-34)38-19-10-13-32-28-31-12-4-5-16-36(31)49(39)48(32)38/h1-30H. The van der Waals surface area contributed by atoms with E-state index in [1.54, 1.807) is 0 Å². The Morgan fingerprint density at radius 2 is 1.09 bits per heavy atom. The van der Waals surface area contributed by atoms with Crippen molar-refractivity contribution in [2.75, 3.05) is 4.90 Å². The van der Waals surface area contributed by atoms with E-state index in [1.807, 2.05) is 6.07 Å². The first kappa shape index (κ1) is 28.6. The summed E-state index contributed by atoms with van der Waals surface area (Å²) in [5, 5.41) is 9.83. The first-order chi connectivity index (χ1) is 26.3. The molecule has 246 valence electrons. The molecule has 0 radical (unpaired) electrons. The zero-order valence-electron chi connectivity index (χ0n) is 28.6. The van der Waals surface area contributed by atoms with Gasteiger partial charge in [-0.05, 0) is 117 Å². The molecule has 53 heavy (non-hydrogen) atoms. The molecule has 0 atom stereocenters. The Morgan fingerprint density at radius 3 is 2.02 bits per heavy atom. The van der Waals surface area contributed by atoms with Gasteiger partial charge in [-0.3, -0.25) is 0 Å². The van der Waals surface area contributed by atoms with E-state index in [1.165, 1.54) is 65.6 Å². The van der Waals surface area contributed by atoms with Crippen molar-refractivity contribution in [2.45, 2.75) is 0 Å². The van der Waals surface area contributed by atoms with Crippen LogP contribution in [0.1, 0.15) is 0 Å². The average molecular weight is 675 g/mol. The summed E-state index contributed by atoms with van der Waals surface area (Å²) < 4.78 is 8.84. The molecule has 0 saturated heterocycles. The van der Waals surface area contributed by atoms with Crippen molar-refractivity contribution in [3.63, 3.8) is 0 Å². The Hall–Kier alpha value is -7.10. The van der Waals surface area contributed by atoms with Crippen molar-refractivity contribution in [2.24, 2.45) is 0 Å². The van der Waals surface area contributed by atoms with Crippen LogP contribution in [0, 0.1) is 0 Å². The van der Waals surface area contributed by atoms with Gasteiger partial charge < -0.3 is 13.9 Å². The molecule has 1 aliphatic carbocycles. The summed E-state index contributed by atoms with van der Waals surface area (Å²) >= 11 is 0. The number of furan rings is 1. The second kappa shape index (κ2) is 10.7. The second-order valence-corrected chi connectivity index (χ2v) is 14.1. The van der Waals surface area contributed by atoms with Crippen molar-refractivity contribution >= 4 is 82.4 Å². The predicted molar refractivity (Wildman–Crippen MR) is 222 cm³/mol. The Balaban J connectivity index is 1.15. The lowest BCUT2D eigenvalue weighted by molar-refractivity contribution is 0.669. The van der Waals surface area contributed by atoms with Crippen LogP contribution >= 0.6 is 0 Å². The summed E-state index contributed by atoms with van der Waals surface area (Å²) in [4.78, 5) is 2.43. The van der Waals surface area contributed by atoms with Crippen LogP contribution in [0.2, 0.25) is 0 Å². The number of benzene rings is 9. The van der Waals surface area contributed by atoms with Crippen molar-refractivity contribution in [3.8, 4) is 27.9 Å². The molecule has 2 aromatic heterocycles. The number of fused-ring (bicyclic) bond motifs is 11. The number of nitrogens with zero attached hydrogens (tertiary/aromatic N) is 2. The zero-order chi connectivity index (χ0) is 34.6. The first-order valence-corrected chi connectivity index (χ1v) is 18.2. The lowest BCUT2D eigenvalue weighted by Crippen LogP contribution is -2.10. The molecule has 3 nitrogen and oxygen atoms in total. The molecule has 9 aromatic carbocycles. The van der Waals surface area contributed by atoms with Gasteiger partial charge in [-0.25, -0.2) is 0 Å². The molecular formula is C50H30N2O. The van der Waals surface area contributed by atoms with E-state index in [0.29, 0.717) is 0 Å². The third-order valence-electron chi connectivity index (χ3n) is 11.3. The van der Waals surface area contributed by atoms with Crippen LogP contribution in [0.25, 0.3) is 93.2 Å². The average Bonchev–Trinajstić information content (AvgIpc) is 3.87. The summed E-state index contributed by atoms with van der Waals surface area (Å²) in [5.74, 6) is 0. The maximum absolute atomic E-state index is 6.46. The van der Waals surface area contributed by atoms with Gasteiger partial charge in [0.05, 0.1) is 22.1 Å². The fraction of sp³-hybridized carbons (Fsp3) is 0. The molecule has 11 aromatic rings. The van der Waals surface area contributed by atoms with Gasteiger partial charge in [0.25, 0.3) is 0 Å². The lowest BCUT2D eigenvalue weighted by Gasteiger charge is -2.27. The maximum atomic E-state index is 6.46. The number of para-hydroxylation sites is 3. The molecule has 0 amide bonds. The highest BCUT2D eigenvalue weighted by Crippen LogP contribution is 2.53. The summed E-state index contributed by atoms with van der Waals surface area (Å²) in [6.45, 7) is 0. The predicted octanol–water partition coefficient (Wildman–Crippen LogP) is 14.1. The Morgan fingerprint density at radius 1 is 0.396 bits per heavy atom. The molecule has 0 N–H and O–H groups in total. The van der Waals surface area contributed by atoms with Gasteiger partial charge in [0.1, 0.15) is 11.2 Å². The van der Waals surface area contributed by atoms with Crippen LogP contribution in [-0.2, 0) is 0 Å². The fourth-order valence-corrected chi connectivity index (χ4v) is 9.06. The monoisotopic (exact) mass is 674 g/mol. The maximum Gasteiger partial charge on any atom is 0.137 e. The van der Waals surface area contributed by atoms with Crippen LogP contribution in [0.5, 0.6) is 0 Å². The highest BCUT2D eigenvalue weighted by molar-refractivity contribution is 6.24. The molecule has 0 bridgehead atoms. The normalized spacial score (nSPS) is 12.2. The van der Waals surface area contributed by atoms with E-state index in [0.717, 1.165) is 44.7 Å². The highest BCUT2D eigenvalue weighted by atomic mass is 16.3. The van der Waals surface area contributed by atoms with E-state index < -0.39 is 0 Å². The van der Waals surface area contributed by atoms with Crippen molar-refractivity contribution in [1.29, 1.82) is 0 Å². The molecule has 3 heteroatoms. The van der Waals surface area contributed by atoms with Gasteiger partial charge in [0, 0.05) is 33.2 Å². The Bertz CT molecular complexity index is 3290. The molecule has 12 rings (SSSR count).